The van der Waals surface area contributed by atoms with Crippen LogP contribution in [0.5, 0.6) is 0 Å². The van der Waals surface area contributed by atoms with Crippen molar-refractivity contribution in [3.8, 4) is 5.82 Å². The van der Waals surface area contributed by atoms with E-state index < -0.39 is 5.91 Å². The molecule has 4 N–H and O–H groups in total. The maximum absolute atomic E-state index is 12.7. The fourth-order valence-corrected chi connectivity index (χ4v) is 3.10. The van der Waals surface area contributed by atoms with E-state index in [1.54, 1.807) is 42.6 Å². The molecule has 9 nitrogen and oxygen atoms in total. The molecular weight excluding hydrogens is 394 g/mol. The molecule has 0 aliphatic heterocycles. The zero-order chi connectivity index (χ0) is 22.2. The van der Waals surface area contributed by atoms with Gasteiger partial charge in [0.15, 0.2) is 5.82 Å². The minimum Gasteiger partial charge on any atom is -0.383 e. The van der Waals surface area contributed by atoms with Crippen molar-refractivity contribution in [2.75, 3.05) is 37.2 Å². The van der Waals surface area contributed by atoms with Gasteiger partial charge in [0.05, 0.1) is 6.20 Å². The Labute approximate surface area is 181 Å². The summed E-state index contributed by atoms with van der Waals surface area (Å²) in [6.45, 7) is 7.39. The van der Waals surface area contributed by atoms with Gasteiger partial charge in [-0.1, -0.05) is 26.0 Å². The number of nitrogen functional groups attached to an aromatic ring is 1. The molecule has 2 aromatic heterocycles. The highest BCUT2D eigenvalue weighted by molar-refractivity contribution is 6.07. The number of hydrogen-bond acceptors (Lipinski definition) is 6. The van der Waals surface area contributed by atoms with E-state index >= 15 is 0 Å². The van der Waals surface area contributed by atoms with Crippen LogP contribution in [0.1, 0.15) is 34.6 Å². The van der Waals surface area contributed by atoms with Crippen molar-refractivity contribution < 1.29 is 9.59 Å². The number of carbonyl (C=O) groups excluding carboxylic acids is 2. The molecule has 0 spiro atoms. The lowest BCUT2D eigenvalue weighted by atomic mass is 10.2. The standard InChI is InChI=1S/C22H27N7O2/c1-3-28(4-2)13-12-25-21(30)16-8-7-9-17(14-16)27-22(31)18-15-26-29(20(18)23)19-10-5-6-11-24-19/h5-11,14-15H,3-4,12-13,23H2,1-2H3,(H,25,30)(H,27,31). The van der Waals surface area contributed by atoms with Gasteiger partial charge in [0.1, 0.15) is 11.4 Å². The summed E-state index contributed by atoms with van der Waals surface area (Å²) in [4.78, 5) is 31.6. The van der Waals surface area contributed by atoms with E-state index in [1.807, 2.05) is 6.07 Å². The third-order valence-corrected chi connectivity index (χ3v) is 4.91. The van der Waals surface area contributed by atoms with Gasteiger partial charge in [-0.3, -0.25) is 9.59 Å². The van der Waals surface area contributed by atoms with Gasteiger partial charge in [-0.05, 0) is 43.4 Å². The number of carbonyl (C=O) groups is 2. The molecular formula is C22H27N7O2. The van der Waals surface area contributed by atoms with Crippen LogP contribution in [0.25, 0.3) is 5.82 Å². The zero-order valence-corrected chi connectivity index (χ0v) is 17.7. The first kappa shape index (κ1) is 22.0. The number of nitrogens with two attached hydrogens (primary N) is 1. The Morgan fingerprint density at radius 3 is 2.61 bits per heavy atom. The molecule has 0 unspecified atom stereocenters. The lowest BCUT2D eigenvalue weighted by Gasteiger charge is -2.18. The van der Waals surface area contributed by atoms with Gasteiger partial charge in [-0.25, -0.2) is 4.98 Å². The number of benzene rings is 1. The Morgan fingerprint density at radius 2 is 1.90 bits per heavy atom. The average molecular weight is 422 g/mol. The molecule has 162 valence electrons. The SMILES string of the molecule is CCN(CC)CCNC(=O)c1cccc(NC(=O)c2cnn(-c3ccccn3)c2N)c1. The summed E-state index contributed by atoms with van der Waals surface area (Å²) in [5.74, 6) is 0.0912. The van der Waals surface area contributed by atoms with Crippen LogP contribution in [0, 0.1) is 0 Å². The third kappa shape index (κ3) is 5.46. The van der Waals surface area contributed by atoms with E-state index in [1.165, 1.54) is 10.9 Å². The van der Waals surface area contributed by atoms with Crippen molar-refractivity contribution in [1.29, 1.82) is 0 Å². The van der Waals surface area contributed by atoms with E-state index in [4.69, 9.17) is 5.73 Å². The molecule has 0 atom stereocenters. The number of likely N-dealkylation sites (N-methyl/N-ethyl adjacent to an activating group) is 1. The summed E-state index contributed by atoms with van der Waals surface area (Å²) in [5, 5.41) is 9.83. The fraction of sp³-hybridized carbons (Fsp3) is 0.273. The van der Waals surface area contributed by atoms with Crippen LogP contribution in [-0.2, 0) is 0 Å². The highest BCUT2D eigenvalue weighted by atomic mass is 16.2. The average Bonchev–Trinajstić information content (AvgIpc) is 3.18. The largest absolute Gasteiger partial charge is 0.383 e. The van der Waals surface area contributed by atoms with Crippen molar-refractivity contribution >= 4 is 23.3 Å². The Bertz CT molecular complexity index is 1030. The van der Waals surface area contributed by atoms with E-state index in [0.717, 1.165) is 19.6 Å². The van der Waals surface area contributed by atoms with Gasteiger partial charge < -0.3 is 21.3 Å². The van der Waals surface area contributed by atoms with E-state index in [-0.39, 0.29) is 17.3 Å². The molecule has 3 aromatic rings. The zero-order valence-electron chi connectivity index (χ0n) is 17.7. The van der Waals surface area contributed by atoms with Gasteiger partial charge >= 0.3 is 0 Å². The summed E-state index contributed by atoms with van der Waals surface area (Å²) < 4.78 is 1.40. The number of nitrogens with zero attached hydrogens (tertiary/aromatic N) is 4. The molecule has 9 heteroatoms. The third-order valence-electron chi connectivity index (χ3n) is 4.91. The topological polar surface area (TPSA) is 118 Å². The first-order valence-electron chi connectivity index (χ1n) is 10.2. The second kappa shape index (κ2) is 10.4. The highest BCUT2D eigenvalue weighted by Gasteiger charge is 2.17. The summed E-state index contributed by atoms with van der Waals surface area (Å²) in [6, 6.07) is 12.1. The van der Waals surface area contributed by atoms with Crippen molar-refractivity contribution in [2.24, 2.45) is 0 Å². The van der Waals surface area contributed by atoms with E-state index in [0.29, 0.717) is 23.6 Å². The van der Waals surface area contributed by atoms with Crippen molar-refractivity contribution in [1.82, 2.24) is 25.0 Å². The number of rotatable bonds is 9. The van der Waals surface area contributed by atoms with Crippen LogP contribution in [0.15, 0.2) is 54.9 Å². The van der Waals surface area contributed by atoms with Crippen LogP contribution >= 0.6 is 0 Å². The molecule has 0 bridgehead atoms. The normalized spacial score (nSPS) is 10.8. The number of aromatic nitrogens is 3. The smallest absolute Gasteiger partial charge is 0.261 e. The van der Waals surface area contributed by atoms with Crippen LogP contribution in [0.2, 0.25) is 0 Å². The predicted octanol–water partition coefficient (Wildman–Crippen LogP) is 2.17. The molecule has 2 amide bonds. The quantitative estimate of drug-likeness (QED) is 0.487. The molecule has 2 heterocycles. The highest BCUT2D eigenvalue weighted by Crippen LogP contribution is 2.18. The number of amides is 2. The molecule has 0 fully saturated rings. The minimum absolute atomic E-state index is 0.182. The number of nitrogens with one attached hydrogen (secondary N) is 2. The molecule has 0 saturated carbocycles. The van der Waals surface area contributed by atoms with E-state index in [2.05, 4.69) is 39.5 Å². The summed E-state index contributed by atoms with van der Waals surface area (Å²) >= 11 is 0. The van der Waals surface area contributed by atoms with Gasteiger partial charge in [0.2, 0.25) is 0 Å². The molecule has 0 aliphatic rings. The number of anilines is 2. The lowest BCUT2D eigenvalue weighted by molar-refractivity contribution is 0.0947. The minimum atomic E-state index is -0.418. The molecule has 0 saturated heterocycles. The Morgan fingerprint density at radius 1 is 1.10 bits per heavy atom. The lowest BCUT2D eigenvalue weighted by Crippen LogP contribution is -2.34. The van der Waals surface area contributed by atoms with Crippen molar-refractivity contribution in [3.05, 3.63) is 66.0 Å². The van der Waals surface area contributed by atoms with Crippen LogP contribution in [0.4, 0.5) is 11.5 Å². The monoisotopic (exact) mass is 421 g/mol. The molecule has 0 aliphatic carbocycles. The molecule has 31 heavy (non-hydrogen) atoms. The second-order valence-electron chi connectivity index (χ2n) is 6.86. The summed E-state index contributed by atoms with van der Waals surface area (Å²) in [6.07, 6.45) is 3.01. The van der Waals surface area contributed by atoms with Gasteiger partial charge in [0, 0.05) is 30.5 Å². The van der Waals surface area contributed by atoms with Crippen molar-refractivity contribution in [2.45, 2.75) is 13.8 Å². The summed E-state index contributed by atoms with van der Waals surface area (Å²) in [7, 11) is 0. The second-order valence-corrected chi connectivity index (χ2v) is 6.86. The Kier molecular flexibility index (Phi) is 7.34. The first-order chi connectivity index (χ1) is 15.0. The van der Waals surface area contributed by atoms with Crippen LogP contribution in [-0.4, -0.2) is 57.7 Å². The predicted molar refractivity (Wildman–Crippen MR) is 120 cm³/mol. The fourth-order valence-electron chi connectivity index (χ4n) is 3.10. The van der Waals surface area contributed by atoms with Gasteiger partial charge in [0.25, 0.3) is 11.8 Å². The number of pyridine rings is 1. The first-order valence-corrected chi connectivity index (χ1v) is 10.2. The van der Waals surface area contributed by atoms with Gasteiger partial charge in [-0.2, -0.15) is 9.78 Å². The molecule has 1 aromatic carbocycles. The summed E-state index contributed by atoms with van der Waals surface area (Å²) in [5.41, 5.74) is 7.28. The van der Waals surface area contributed by atoms with Gasteiger partial charge in [-0.15, -0.1) is 0 Å². The maximum atomic E-state index is 12.7. The number of hydrogen-bond donors (Lipinski definition) is 3. The Hall–Kier alpha value is -3.72. The Balaban J connectivity index is 1.65. The van der Waals surface area contributed by atoms with Crippen LogP contribution in [0.3, 0.4) is 0 Å². The van der Waals surface area contributed by atoms with Crippen LogP contribution < -0.4 is 16.4 Å². The molecule has 3 rings (SSSR count). The maximum Gasteiger partial charge on any atom is 0.261 e. The van der Waals surface area contributed by atoms with E-state index in [9.17, 15) is 9.59 Å². The molecule has 0 radical (unpaired) electrons. The van der Waals surface area contributed by atoms with Crippen molar-refractivity contribution in [3.63, 3.8) is 0 Å².